The molecule has 0 spiro atoms. The normalized spacial score (nSPS) is 17.8. The standard InChI is InChI=1S/C17H29N3/c1-2-11-19-12-8-17(9-13-19)20(14-10-18)15-16-6-4-3-5-7-16/h3-7,17H,2,8-15,18H2,1H3. The zero-order valence-corrected chi connectivity index (χ0v) is 12.8. The molecule has 0 atom stereocenters. The first-order valence-electron chi connectivity index (χ1n) is 8.04. The molecule has 0 unspecified atom stereocenters. The van der Waals surface area contributed by atoms with Crippen molar-refractivity contribution in [1.29, 1.82) is 0 Å². The van der Waals surface area contributed by atoms with E-state index in [1.54, 1.807) is 0 Å². The molecule has 1 heterocycles. The summed E-state index contributed by atoms with van der Waals surface area (Å²) in [7, 11) is 0. The second-order valence-electron chi connectivity index (χ2n) is 5.82. The number of likely N-dealkylation sites (tertiary alicyclic amines) is 1. The molecule has 0 radical (unpaired) electrons. The lowest BCUT2D eigenvalue weighted by Crippen LogP contribution is -2.46. The molecule has 1 aromatic carbocycles. The zero-order valence-electron chi connectivity index (χ0n) is 12.8. The minimum atomic E-state index is 0.701. The van der Waals surface area contributed by atoms with Gasteiger partial charge < -0.3 is 10.6 Å². The van der Waals surface area contributed by atoms with E-state index in [4.69, 9.17) is 5.73 Å². The van der Waals surface area contributed by atoms with Crippen LogP contribution in [0.5, 0.6) is 0 Å². The van der Waals surface area contributed by atoms with Gasteiger partial charge in [0.25, 0.3) is 0 Å². The fourth-order valence-corrected chi connectivity index (χ4v) is 3.20. The Labute approximate surface area is 123 Å². The summed E-state index contributed by atoms with van der Waals surface area (Å²) >= 11 is 0. The monoisotopic (exact) mass is 275 g/mol. The van der Waals surface area contributed by atoms with E-state index in [1.165, 1.54) is 44.5 Å². The van der Waals surface area contributed by atoms with Crippen molar-refractivity contribution in [2.24, 2.45) is 5.73 Å². The predicted molar refractivity (Wildman–Crippen MR) is 85.7 cm³/mol. The van der Waals surface area contributed by atoms with E-state index in [-0.39, 0.29) is 0 Å². The maximum atomic E-state index is 5.81. The van der Waals surface area contributed by atoms with Crippen LogP contribution in [-0.4, -0.2) is 48.6 Å². The molecule has 0 bridgehead atoms. The summed E-state index contributed by atoms with van der Waals surface area (Å²) in [5.74, 6) is 0. The molecule has 20 heavy (non-hydrogen) atoms. The maximum absolute atomic E-state index is 5.81. The van der Waals surface area contributed by atoms with Gasteiger partial charge in [-0.05, 0) is 44.5 Å². The van der Waals surface area contributed by atoms with Crippen LogP contribution in [0.3, 0.4) is 0 Å². The van der Waals surface area contributed by atoms with Crippen LogP contribution < -0.4 is 5.73 Å². The summed E-state index contributed by atoms with van der Waals surface area (Å²) in [4.78, 5) is 5.18. The van der Waals surface area contributed by atoms with Crippen LogP contribution >= 0.6 is 0 Å². The third-order valence-electron chi connectivity index (χ3n) is 4.26. The van der Waals surface area contributed by atoms with Gasteiger partial charge in [-0.25, -0.2) is 0 Å². The van der Waals surface area contributed by atoms with Crippen molar-refractivity contribution in [3.8, 4) is 0 Å². The summed E-state index contributed by atoms with van der Waals surface area (Å²) in [6.07, 6.45) is 3.83. The quantitative estimate of drug-likeness (QED) is 0.829. The van der Waals surface area contributed by atoms with E-state index >= 15 is 0 Å². The number of nitrogens with zero attached hydrogens (tertiary/aromatic N) is 2. The Morgan fingerprint density at radius 3 is 2.50 bits per heavy atom. The van der Waals surface area contributed by atoms with Crippen molar-refractivity contribution in [3.05, 3.63) is 35.9 Å². The van der Waals surface area contributed by atoms with Gasteiger partial charge in [0.2, 0.25) is 0 Å². The van der Waals surface area contributed by atoms with Crippen LogP contribution in [-0.2, 0) is 6.54 Å². The summed E-state index contributed by atoms with van der Waals surface area (Å²) in [5, 5.41) is 0. The topological polar surface area (TPSA) is 32.5 Å². The predicted octanol–water partition coefficient (Wildman–Crippen LogP) is 2.32. The van der Waals surface area contributed by atoms with Gasteiger partial charge in [-0.3, -0.25) is 4.90 Å². The van der Waals surface area contributed by atoms with Crippen molar-refractivity contribution >= 4 is 0 Å². The minimum Gasteiger partial charge on any atom is -0.329 e. The fraction of sp³-hybridized carbons (Fsp3) is 0.647. The molecule has 1 saturated heterocycles. The Balaban J connectivity index is 1.89. The number of hydrogen-bond donors (Lipinski definition) is 1. The van der Waals surface area contributed by atoms with Crippen molar-refractivity contribution in [3.63, 3.8) is 0 Å². The van der Waals surface area contributed by atoms with Crippen molar-refractivity contribution < 1.29 is 0 Å². The van der Waals surface area contributed by atoms with Crippen LogP contribution in [0, 0.1) is 0 Å². The smallest absolute Gasteiger partial charge is 0.0237 e. The van der Waals surface area contributed by atoms with Crippen LogP contribution in [0.4, 0.5) is 0 Å². The molecule has 1 aliphatic heterocycles. The van der Waals surface area contributed by atoms with Crippen molar-refractivity contribution in [2.45, 2.75) is 38.8 Å². The van der Waals surface area contributed by atoms with E-state index < -0.39 is 0 Å². The van der Waals surface area contributed by atoms with Gasteiger partial charge >= 0.3 is 0 Å². The number of piperidine rings is 1. The Hall–Kier alpha value is -0.900. The largest absolute Gasteiger partial charge is 0.329 e. The van der Waals surface area contributed by atoms with Gasteiger partial charge in [-0.2, -0.15) is 0 Å². The maximum Gasteiger partial charge on any atom is 0.0237 e. The highest BCUT2D eigenvalue weighted by Gasteiger charge is 2.23. The Kier molecular flexibility index (Phi) is 6.51. The molecule has 0 aromatic heterocycles. The lowest BCUT2D eigenvalue weighted by atomic mass is 10.0. The van der Waals surface area contributed by atoms with Gasteiger partial charge in [-0.15, -0.1) is 0 Å². The SMILES string of the molecule is CCCN1CCC(N(CCN)Cc2ccccc2)CC1. The molecule has 1 aliphatic rings. The highest BCUT2D eigenvalue weighted by molar-refractivity contribution is 5.14. The number of benzene rings is 1. The van der Waals surface area contributed by atoms with E-state index in [0.29, 0.717) is 6.04 Å². The van der Waals surface area contributed by atoms with Crippen LogP contribution in [0.15, 0.2) is 30.3 Å². The first-order chi connectivity index (χ1) is 9.83. The van der Waals surface area contributed by atoms with Crippen molar-refractivity contribution in [2.75, 3.05) is 32.7 Å². The average Bonchev–Trinajstić information content (AvgIpc) is 2.49. The zero-order chi connectivity index (χ0) is 14.2. The number of rotatable bonds is 7. The minimum absolute atomic E-state index is 0.701. The van der Waals surface area contributed by atoms with E-state index in [1.807, 2.05) is 0 Å². The fourth-order valence-electron chi connectivity index (χ4n) is 3.20. The third kappa shape index (κ3) is 4.58. The highest BCUT2D eigenvalue weighted by atomic mass is 15.2. The molecule has 3 nitrogen and oxygen atoms in total. The Bertz CT molecular complexity index is 358. The second-order valence-corrected chi connectivity index (χ2v) is 5.82. The Morgan fingerprint density at radius 1 is 1.20 bits per heavy atom. The van der Waals surface area contributed by atoms with E-state index in [9.17, 15) is 0 Å². The van der Waals surface area contributed by atoms with Gasteiger partial charge in [0, 0.05) is 25.7 Å². The Morgan fingerprint density at radius 2 is 1.90 bits per heavy atom. The van der Waals surface area contributed by atoms with Gasteiger partial charge in [0.05, 0.1) is 0 Å². The summed E-state index contributed by atoms with van der Waals surface area (Å²) in [5.41, 5.74) is 7.21. The average molecular weight is 275 g/mol. The molecule has 1 aromatic rings. The van der Waals surface area contributed by atoms with Gasteiger partial charge in [-0.1, -0.05) is 37.3 Å². The van der Waals surface area contributed by atoms with E-state index in [0.717, 1.165) is 19.6 Å². The molecule has 112 valence electrons. The summed E-state index contributed by atoms with van der Waals surface area (Å²) in [6, 6.07) is 11.5. The molecule has 0 aliphatic carbocycles. The molecule has 3 heteroatoms. The third-order valence-corrected chi connectivity index (χ3v) is 4.26. The van der Waals surface area contributed by atoms with Crippen LogP contribution in [0.1, 0.15) is 31.7 Å². The molecular formula is C17H29N3. The number of hydrogen-bond acceptors (Lipinski definition) is 3. The molecular weight excluding hydrogens is 246 g/mol. The molecule has 0 saturated carbocycles. The van der Waals surface area contributed by atoms with Gasteiger partial charge in [0.1, 0.15) is 0 Å². The molecule has 2 N–H and O–H groups in total. The van der Waals surface area contributed by atoms with Crippen LogP contribution in [0.2, 0.25) is 0 Å². The lowest BCUT2D eigenvalue weighted by Gasteiger charge is -2.38. The van der Waals surface area contributed by atoms with Crippen LogP contribution in [0.25, 0.3) is 0 Å². The molecule has 0 amide bonds. The molecule has 2 rings (SSSR count). The van der Waals surface area contributed by atoms with E-state index in [2.05, 4.69) is 47.1 Å². The van der Waals surface area contributed by atoms with Gasteiger partial charge in [0.15, 0.2) is 0 Å². The second kappa shape index (κ2) is 8.40. The molecule has 1 fully saturated rings. The number of nitrogens with two attached hydrogens (primary N) is 1. The van der Waals surface area contributed by atoms with Crippen molar-refractivity contribution in [1.82, 2.24) is 9.80 Å². The first kappa shape index (κ1) is 15.5. The summed E-state index contributed by atoms with van der Waals surface area (Å²) < 4.78 is 0. The lowest BCUT2D eigenvalue weighted by molar-refractivity contribution is 0.105. The summed E-state index contributed by atoms with van der Waals surface area (Å²) in [6.45, 7) is 8.80. The first-order valence-corrected chi connectivity index (χ1v) is 8.04. The highest BCUT2D eigenvalue weighted by Crippen LogP contribution is 2.18.